The summed E-state index contributed by atoms with van der Waals surface area (Å²) in [5, 5.41) is 3.18. The van der Waals surface area contributed by atoms with E-state index in [1.165, 1.54) is 0 Å². The van der Waals surface area contributed by atoms with Gasteiger partial charge < -0.3 is 14.8 Å². The van der Waals surface area contributed by atoms with E-state index in [-0.39, 0.29) is 5.97 Å². The Morgan fingerprint density at radius 1 is 1.11 bits per heavy atom. The number of esters is 1. The fourth-order valence-electron chi connectivity index (χ4n) is 2.17. The quantitative estimate of drug-likeness (QED) is 0.662. The molecule has 96 valence electrons. The Morgan fingerprint density at radius 2 is 1.84 bits per heavy atom. The lowest BCUT2D eigenvalue weighted by Gasteiger charge is -2.26. The molecule has 2 aromatic rings. The molecule has 19 heavy (non-hydrogen) atoms. The van der Waals surface area contributed by atoms with E-state index < -0.39 is 6.04 Å². The average molecular weight is 255 g/mol. The molecule has 0 fully saturated rings. The van der Waals surface area contributed by atoms with Gasteiger partial charge in [0.25, 0.3) is 0 Å². The van der Waals surface area contributed by atoms with Crippen LogP contribution in [0.4, 0.5) is 5.69 Å². The van der Waals surface area contributed by atoms with Crippen molar-refractivity contribution in [3.8, 4) is 11.5 Å². The number of anilines is 1. The van der Waals surface area contributed by atoms with Crippen molar-refractivity contribution in [3.05, 3.63) is 54.1 Å². The van der Waals surface area contributed by atoms with Crippen LogP contribution < -0.4 is 14.8 Å². The van der Waals surface area contributed by atoms with Gasteiger partial charge >= 0.3 is 5.97 Å². The third-order valence-electron chi connectivity index (χ3n) is 3.08. The number of para-hydroxylation sites is 3. The highest BCUT2D eigenvalue weighted by atomic mass is 16.5. The van der Waals surface area contributed by atoms with Crippen LogP contribution in [0.5, 0.6) is 11.5 Å². The van der Waals surface area contributed by atoms with Gasteiger partial charge in [-0.05, 0) is 18.2 Å². The largest absolute Gasteiger partial charge is 0.496 e. The summed E-state index contributed by atoms with van der Waals surface area (Å²) < 4.78 is 10.6. The number of fused-ring (bicyclic) bond motifs is 1. The zero-order chi connectivity index (χ0) is 13.2. The van der Waals surface area contributed by atoms with Gasteiger partial charge in [-0.15, -0.1) is 0 Å². The Kier molecular flexibility index (Phi) is 2.83. The molecule has 0 saturated carbocycles. The second-order valence-corrected chi connectivity index (χ2v) is 4.24. The van der Waals surface area contributed by atoms with E-state index in [9.17, 15) is 4.79 Å². The summed E-state index contributed by atoms with van der Waals surface area (Å²) in [6.07, 6.45) is 0. The van der Waals surface area contributed by atoms with Crippen molar-refractivity contribution in [2.45, 2.75) is 6.04 Å². The molecule has 0 saturated heterocycles. The molecule has 0 spiro atoms. The second-order valence-electron chi connectivity index (χ2n) is 4.24. The van der Waals surface area contributed by atoms with Gasteiger partial charge in [0.05, 0.1) is 12.8 Å². The van der Waals surface area contributed by atoms with Crippen LogP contribution in [0.15, 0.2) is 48.5 Å². The summed E-state index contributed by atoms with van der Waals surface area (Å²) in [5.41, 5.74) is 1.57. The van der Waals surface area contributed by atoms with Crippen LogP contribution in [0.2, 0.25) is 0 Å². The Bertz CT molecular complexity index is 624. The number of nitrogens with one attached hydrogen (secondary N) is 1. The van der Waals surface area contributed by atoms with Crippen molar-refractivity contribution in [1.29, 1.82) is 0 Å². The maximum absolute atomic E-state index is 12.1. The molecular formula is C15H13NO3. The molecule has 0 unspecified atom stereocenters. The van der Waals surface area contributed by atoms with Crippen molar-refractivity contribution in [2.24, 2.45) is 0 Å². The molecule has 0 amide bonds. The Labute approximate surface area is 111 Å². The third kappa shape index (κ3) is 2.01. The summed E-state index contributed by atoms with van der Waals surface area (Å²) in [5.74, 6) is 0.887. The van der Waals surface area contributed by atoms with E-state index in [1.54, 1.807) is 13.2 Å². The Morgan fingerprint density at radius 3 is 2.68 bits per heavy atom. The Balaban J connectivity index is 2.01. The van der Waals surface area contributed by atoms with Crippen LogP contribution in [0.1, 0.15) is 11.6 Å². The average Bonchev–Trinajstić information content (AvgIpc) is 2.46. The lowest BCUT2D eigenvalue weighted by molar-refractivity contribution is -0.136. The predicted octanol–water partition coefficient (Wildman–Crippen LogP) is 2.77. The van der Waals surface area contributed by atoms with E-state index in [0.29, 0.717) is 11.5 Å². The number of carbonyl (C=O) groups excluding carboxylic acids is 1. The van der Waals surface area contributed by atoms with E-state index in [1.807, 2.05) is 42.5 Å². The summed E-state index contributed by atoms with van der Waals surface area (Å²) in [4.78, 5) is 12.1. The van der Waals surface area contributed by atoms with Crippen molar-refractivity contribution >= 4 is 11.7 Å². The van der Waals surface area contributed by atoms with Crippen LogP contribution in [0.25, 0.3) is 0 Å². The van der Waals surface area contributed by atoms with Gasteiger partial charge in [0, 0.05) is 5.56 Å². The van der Waals surface area contributed by atoms with E-state index in [0.717, 1.165) is 11.3 Å². The molecule has 3 rings (SSSR count). The molecule has 0 aliphatic carbocycles. The molecule has 1 N–H and O–H groups in total. The standard InChI is InChI=1S/C15H13NO3/c1-18-12-8-4-2-6-10(12)14-15(17)19-13-9-5-3-7-11(13)16-14/h2-9,14,16H,1H3/t14-/m0/s1. The zero-order valence-corrected chi connectivity index (χ0v) is 10.4. The van der Waals surface area contributed by atoms with E-state index in [4.69, 9.17) is 9.47 Å². The molecule has 4 heteroatoms. The SMILES string of the molecule is COc1ccccc1[C@@H]1Nc2ccccc2OC1=O. The molecule has 1 aliphatic rings. The van der Waals surface area contributed by atoms with Crippen LogP contribution in [-0.2, 0) is 4.79 Å². The molecule has 0 bridgehead atoms. The van der Waals surface area contributed by atoms with Crippen molar-refractivity contribution in [2.75, 3.05) is 12.4 Å². The van der Waals surface area contributed by atoms with Gasteiger partial charge in [0.2, 0.25) is 0 Å². The summed E-state index contributed by atoms with van der Waals surface area (Å²) in [6.45, 7) is 0. The summed E-state index contributed by atoms with van der Waals surface area (Å²) in [6, 6.07) is 14.2. The molecule has 1 atom stereocenters. The highest BCUT2D eigenvalue weighted by Gasteiger charge is 2.30. The van der Waals surface area contributed by atoms with Gasteiger partial charge in [-0.3, -0.25) is 0 Å². The van der Waals surface area contributed by atoms with E-state index >= 15 is 0 Å². The fraction of sp³-hybridized carbons (Fsp3) is 0.133. The molecule has 0 aromatic heterocycles. The highest BCUT2D eigenvalue weighted by Crippen LogP contribution is 2.36. The Hall–Kier alpha value is -2.49. The number of benzene rings is 2. The minimum absolute atomic E-state index is 0.330. The number of carbonyl (C=O) groups is 1. The first-order valence-electron chi connectivity index (χ1n) is 6.00. The predicted molar refractivity (Wildman–Crippen MR) is 71.4 cm³/mol. The van der Waals surface area contributed by atoms with Gasteiger partial charge in [0.15, 0.2) is 11.8 Å². The molecule has 4 nitrogen and oxygen atoms in total. The first kappa shape index (κ1) is 11.6. The molecule has 1 aliphatic heterocycles. The number of methoxy groups -OCH3 is 1. The summed E-state index contributed by atoms with van der Waals surface area (Å²) >= 11 is 0. The van der Waals surface area contributed by atoms with Gasteiger partial charge in [-0.2, -0.15) is 0 Å². The van der Waals surface area contributed by atoms with Crippen molar-refractivity contribution in [1.82, 2.24) is 0 Å². The molecule has 1 heterocycles. The fourth-order valence-corrected chi connectivity index (χ4v) is 2.17. The maximum atomic E-state index is 12.1. The number of hydrogen-bond donors (Lipinski definition) is 1. The molecule has 2 aromatic carbocycles. The highest BCUT2D eigenvalue weighted by molar-refractivity contribution is 5.88. The third-order valence-corrected chi connectivity index (χ3v) is 3.08. The number of ether oxygens (including phenoxy) is 2. The topological polar surface area (TPSA) is 47.6 Å². The van der Waals surface area contributed by atoms with E-state index in [2.05, 4.69) is 5.32 Å². The van der Waals surface area contributed by atoms with Crippen LogP contribution in [0.3, 0.4) is 0 Å². The number of rotatable bonds is 2. The maximum Gasteiger partial charge on any atom is 0.338 e. The summed E-state index contributed by atoms with van der Waals surface area (Å²) in [7, 11) is 1.58. The number of hydrogen-bond acceptors (Lipinski definition) is 4. The van der Waals surface area contributed by atoms with Crippen LogP contribution in [0, 0.1) is 0 Å². The smallest absolute Gasteiger partial charge is 0.338 e. The van der Waals surface area contributed by atoms with Gasteiger partial charge in [0.1, 0.15) is 5.75 Å². The van der Waals surface area contributed by atoms with Gasteiger partial charge in [-0.25, -0.2) is 4.79 Å². The second kappa shape index (κ2) is 4.65. The van der Waals surface area contributed by atoms with Crippen LogP contribution in [-0.4, -0.2) is 13.1 Å². The first-order chi connectivity index (χ1) is 9.29. The molecule has 0 radical (unpaired) electrons. The van der Waals surface area contributed by atoms with Crippen molar-refractivity contribution in [3.63, 3.8) is 0 Å². The minimum atomic E-state index is -0.550. The lowest BCUT2D eigenvalue weighted by atomic mass is 10.0. The first-order valence-corrected chi connectivity index (χ1v) is 6.00. The minimum Gasteiger partial charge on any atom is -0.496 e. The zero-order valence-electron chi connectivity index (χ0n) is 10.4. The van der Waals surface area contributed by atoms with Crippen LogP contribution >= 0.6 is 0 Å². The van der Waals surface area contributed by atoms with Crippen molar-refractivity contribution < 1.29 is 14.3 Å². The normalized spacial score (nSPS) is 17.1. The molecular weight excluding hydrogens is 242 g/mol. The monoisotopic (exact) mass is 255 g/mol. The lowest BCUT2D eigenvalue weighted by Crippen LogP contribution is -2.30. The van der Waals surface area contributed by atoms with Gasteiger partial charge in [-0.1, -0.05) is 30.3 Å².